The summed E-state index contributed by atoms with van der Waals surface area (Å²) in [4.78, 5) is 3.99. The van der Waals surface area contributed by atoms with E-state index in [0.29, 0.717) is 10.8 Å². The molecule has 3 N–H and O–H groups in total. The van der Waals surface area contributed by atoms with E-state index in [-0.39, 0.29) is 11.5 Å². The van der Waals surface area contributed by atoms with Gasteiger partial charge in [0.1, 0.15) is 5.82 Å². The van der Waals surface area contributed by atoms with Crippen molar-refractivity contribution in [2.24, 2.45) is 7.05 Å². The smallest absolute Gasteiger partial charge is 0.383 e. The predicted octanol–water partition coefficient (Wildman–Crippen LogP) is 3.04. The van der Waals surface area contributed by atoms with Crippen molar-refractivity contribution in [2.75, 3.05) is 11.5 Å². The zero-order valence-corrected chi connectivity index (χ0v) is 15.4. The number of aliphatic hydroxyl groups is 1. The van der Waals surface area contributed by atoms with Gasteiger partial charge < -0.3 is 15.4 Å². The van der Waals surface area contributed by atoms with Crippen molar-refractivity contribution < 1.29 is 18.3 Å². The fraction of sp³-hybridized carbons (Fsp3) is 0.294. The Morgan fingerprint density at radius 3 is 2.44 bits per heavy atom. The molecule has 0 aliphatic rings. The van der Waals surface area contributed by atoms with Gasteiger partial charge in [-0.25, -0.2) is 9.67 Å². The number of anilines is 1. The number of aromatic nitrogens is 4. The van der Waals surface area contributed by atoms with Crippen LogP contribution in [0.25, 0.3) is 5.69 Å². The summed E-state index contributed by atoms with van der Waals surface area (Å²) in [7, 11) is 1.66. The zero-order valence-electron chi connectivity index (χ0n) is 14.6. The molecule has 0 bridgehead atoms. The maximum absolute atomic E-state index is 13.9. The summed E-state index contributed by atoms with van der Waals surface area (Å²) in [6.07, 6.45) is -1.86. The zero-order chi connectivity index (χ0) is 19.8. The van der Waals surface area contributed by atoms with E-state index in [1.165, 1.54) is 17.8 Å². The minimum atomic E-state index is -4.95. The minimum absolute atomic E-state index is 0.0108. The highest BCUT2D eigenvalue weighted by Gasteiger charge is 2.57. The fourth-order valence-corrected chi connectivity index (χ4v) is 3.82. The molecular formula is C17H18F3N5OS. The molecule has 1 atom stereocenters. The van der Waals surface area contributed by atoms with Crippen LogP contribution < -0.4 is 5.73 Å². The number of imidazole rings is 1. The summed E-state index contributed by atoms with van der Waals surface area (Å²) in [6, 6.07) is 8.55. The number of hydrogen-bond acceptors (Lipinski definition) is 5. The SMILES string of the molecule is Cc1nn(-c2ccccc2)c(N)c1[C@](O)(CSc1nccn1C)C(F)(F)F. The van der Waals surface area contributed by atoms with Gasteiger partial charge in [-0.15, -0.1) is 0 Å². The Hall–Kier alpha value is -2.46. The second-order valence-corrected chi connectivity index (χ2v) is 7.00. The maximum Gasteiger partial charge on any atom is 0.422 e. The molecule has 0 aliphatic carbocycles. The first-order chi connectivity index (χ1) is 12.6. The van der Waals surface area contributed by atoms with Crippen LogP contribution in [0.3, 0.4) is 0 Å². The lowest BCUT2D eigenvalue weighted by Gasteiger charge is -2.30. The first kappa shape index (κ1) is 19.3. The van der Waals surface area contributed by atoms with Crippen molar-refractivity contribution in [3.63, 3.8) is 0 Å². The van der Waals surface area contributed by atoms with Crippen molar-refractivity contribution in [1.29, 1.82) is 0 Å². The molecule has 3 rings (SSSR count). The Kier molecular flexibility index (Phi) is 4.96. The van der Waals surface area contributed by atoms with Gasteiger partial charge in [-0.2, -0.15) is 18.3 Å². The van der Waals surface area contributed by atoms with E-state index in [4.69, 9.17) is 5.73 Å². The van der Waals surface area contributed by atoms with E-state index in [9.17, 15) is 18.3 Å². The summed E-state index contributed by atoms with van der Waals surface area (Å²) in [5, 5.41) is 15.2. The predicted molar refractivity (Wildman–Crippen MR) is 96.6 cm³/mol. The monoisotopic (exact) mass is 397 g/mol. The molecule has 0 unspecified atom stereocenters. The molecule has 10 heteroatoms. The lowest BCUT2D eigenvalue weighted by Crippen LogP contribution is -2.45. The van der Waals surface area contributed by atoms with Crippen LogP contribution >= 0.6 is 11.8 Å². The van der Waals surface area contributed by atoms with Gasteiger partial charge in [-0.05, 0) is 19.1 Å². The highest BCUT2D eigenvalue weighted by molar-refractivity contribution is 7.99. The molecule has 2 heterocycles. The number of para-hydroxylation sites is 1. The van der Waals surface area contributed by atoms with Crippen LogP contribution in [0.5, 0.6) is 0 Å². The molecule has 0 radical (unpaired) electrons. The third-order valence-electron chi connectivity index (χ3n) is 4.17. The first-order valence-electron chi connectivity index (χ1n) is 7.95. The number of nitrogens with two attached hydrogens (primary N) is 1. The van der Waals surface area contributed by atoms with Gasteiger partial charge in [0, 0.05) is 25.2 Å². The molecule has 0 fully saturated rings. The number of nitrogens with zero attached hydrogens (tertiary/aromatic N) is 4. The molecule has 1 aromatic carbocycles. The molecule has 2 aromatic heterocycles. The molecule has 0 spiro atoms. The van der Waals surface area contributed by atoms with Crippen LogP contribution in [0.4, 0.5) is 19.0 Å². The minimum Gasteiger partial charge on any atom is -0.383 e. The normalized spacial score (nSPS) is 14.3. The highest BCUT2D eigenvalue weighted by Crippen LogP contribution is 2.45. The molecular weight excluding hydrogens is 379 g/mol. The lowest BCUT2D eigenvalue weighted by atomic mass is 9.95. The summed E-state index contributed by atoms with van der Waals surface area (Å²) >= 11 is 0.794. The molecule has 27 heavy (non-hydrogen) atoms. The third kappa shape index (κ3) is 3.42. The van der Waals surface area contributed by atoms with Crippen LogP contribution in [0.15, 0.2) is 47.9 Å². The van der Waals surface area contributed by atoms with Gasteiger partial charge in [0.15, 0.2) is 5.16 Å². The fourth-order valence-electron chi connectivity index (χ4n) is 2.78. The van der Waals surface area contributed by atoms with E-state index >= 15 is 0 Å². The van der Waals surface area contributed by atoms with Crippen molar-refractivity contribution >= 4 is 17.6 Å². The van der Waals surface area contributed by atoms with Crippen LogP contribution in [-0.4, -0.2) is 36.4 Å². The number of halogens is 3. The number of alkyl halides is 3. The summed E-state index contributed by atoms with van der Waals surface area (Å²) < 4.78 is 44.5. The van der Waals surface area contributed by atoms with Crippen LogP contribution in [0.2, 0.25) is 0 Å². The first-order valence-corrected chi connectivity index (χ1v) is 8.94. The van der Waals surface area contributed by atoms with Crippen molar-refractivity contribution in [3.8, 4) is 5.69 Å². The number of thioether (sulfide) groups is 1. The number of benzene rings is 1. The highest BCUT2D eigenvalue weighted by atomic mass is 32.2. The molecule has 3 aromatic rings. The Balaban J connectivity index is 2.06. The van der Waals surface area contributed by atoms with Crippen molar-refractivity contribution in [2.45, 2.75) is 23.9 Å². The number of nitrogen functional groups attached to an aromatic ring is 1. The van der Waals surface area contributed by atoms with Gasteiger partial charge in [0.25, 0.3) is 0 Å². The van der Waals surface area contributed by atoms with E-state index in [1.54, 1.807) is 48.1 Å². The summed E-state index contributed by atoms with van der Waals surface area (Å²) in [5.41, 5.74) is 2.90. The van der Waals surface area contributed by atoms with E-state index in [1.807, 2.05) is 0 Å². The largest absolute Gasteiger partial charge is 0.422 e. The van der Waals surface area contributed by atoms with Gasteiger partial charge in [0.05, 0.1) is 16.9 Å². The lowest BCUT2D eigenvalue weighted by molar-refractivity contribution is -0.256. The molecule has 0 saturated heterocycles. The Morgan fingerprint density at radius 2 is 1.89 bits per heavy atom. The van der Waals surface area contributed by atoms with Crippen LogP contribution in [-0.2, 0) is 12.6 Å². The molecule has 144 valence electrons. The average molecular weight is 397 g/mol. The van der Waals surface area contributed by atoms with E-state index in [0.717, 1.165) is 11.8 Å². The molecule has 0 saturated carbocycles. The quantitative estimate of drug-likeness (QED) is 0.647. The molecule has 0 aliphatic heterocycles. The standard InChI is InChI=1S/C17H18F3N5OS/c1-11-13(14(21)25(23-11)12-6-4-3-5-7-12)16(26,17(18,19)20)10-27-15-22-8-9-24(15)2/h3-9,26H,10,21H2,1-2H3/t16-/m1/s1. The van der Waals surface area contributed by atoms with Gasteiger partial charge >= 0.3 is 6.18 Å². The number of hydrogen-bond donors (Lipinski definition) is 2. The molecule has 6 nitrogen and oxygen atoms in total. The van der Waals surface area contributed by atoms with Gasteiger partial charge in [-0.1, -0.05) is 30.0 Å². The van der Waals surface area contributed by atoms with Crippen molar-refractivity contribution in [3.05, 3.63) is 54.0 Å². The summed E-state index contributed by atoms with van der Waals surface area (Å²) in [6.45, 7) is 1.40. The van der Waals surface area contributed by atoms with Crippen LogP contribution in [0.1, 0.15) is 11.3 Å². The number of rotatable bonds is 5. The average Bonchev–Trinajstić information content (AvgIpc) is 3.15. The Labute approximate surface area is 157 Å². The second-order valence-electron chi connectivity index (χ2n) is 6.06. The third-order valence-corrected chi connectivity index (χ3v) is 5.38. The number of aryl methyl sites for hydroxylation is 2. The Morgan fingerprint density at radius 1 is 1.22 bits per heavy atom. The van der Waals surface area contributed by atoms with E-state index in [2.05, 4.69) is 10.1 Å². The topological polar surface area (TPSA) is 81.9 Å². The van der Waals surface area contributed by atoms with Crippen LogP contribution in [0, 0.1) is 6.92 Å². The van der Waals surface area contributed by atoms with Gasteiger partial charge in [-0.3, -0.25) is 0 Å². The van der Waals surface area contributed by atoms with E-state index < -0.39 is 23.1 Å². The summed E-state index contributed by atoms with van der Waals surface area (Å²) in [5.74, 6) is -0.952. The van der Waals surface area contributed by atoms with Gasteiger partial charge in [0.2, 0.25) is 5.60 Å². The molecule has 0 amide bonds. The maximum atomic E-state index is 13.9. The van der Waals surface area contributed by atoms with Crippen molar-refractivity contribution in [1.82, 2.24) is 19.3 Å². The Bertz CT molecular complexity index is 938. The second kappa shape index (κ2) is 6.93.